The average molecular weight is 308 g/mol. The molecule has 1 N–H and O–H groups in total. The molecule has 1 rings (SSSR count). The first kappa shape index (κ1) is 18.1. The molecule has 0 aliphatic rings. The molecular formula is C17H25FN2O2. The summed E-state index contributed by atoms with van der Waals surface area (Å²) in [6.07, 6.45) is 0.523. The second-order valence-electron chi connectivity index (χ2n) is 5.65. The van der Waals surface area contributed by atoms with Crippen LogP contribution in [0.4, 0.5) is 4.39 Å². The van der Waals surface area contributed by atoms with Crippen LogP contribution < -0.4 is 5.32 Å². The lowest BCUT2D eigenvalue weighted by atomic mass is 10.0. The SMILES string of the molecule is CCN(CC)C(=O)[C@H](CC(C)C)NC(=O)c1ccccc1F. The zero-order valence-corrected chi connectivity index (χ0v) is 13.7. The molecule has 0 bridgehead atoms. The van der Waals surface area contributed by atoms with Crippen LogP contribution in [0.15, 0.2) is 24.3 Å². The first-order valence-corrected chi connectivity index (χ1v) is 7.74. The van der Waals surface area contributed by atoms with E-state index in [2.05, 4.69) is 5.32 Å². The highest BCUT2D eigenvalue weighted by atomic mass is 19.1. The minimum Gasteiger partial charge on any atom is -0.341 e. The van der Waals surface area contributed by atoms with E-state index in [1.165, 1.54) is 18.2 Å². The van der Waals surface area contributed by atoms with E-state index in [0.29, 0.717) is 19.5 Å². The fourth-order valence-electron chi connectivity index (χ4n) is 2.33. The number of carbonyl (C=O) groups excluding carboxylic acids is 2. The molecule has 0 radical (unpaired) electrons. The van der Waals surface area contributed by atoms with Crippen molar-refractivity contribution in [3.63, 3.8) is 0 Å². The van der Waals surface area contributed by atoms with Crippen molar-refractivity contribution >= 4 is 11.8 Å². The average Bonchev–Trinajstić information content (AvgIpc) is 2.47. The molecule has 0 saturated carbocycles. The lowest BCUT2D eigenvalue weighted by Crippen LogP contribution is -2.49. The van der Waals surface area contributed by atoms with Gasteiger partial charge in [-0.3, -0.25) is 9.59 Å². The normalized spacial score (nSPS) is 12.1. The summed E-state index contributed by atoms with van der Waals surface area (Å²) in [5.74, 6) is -1.02. The van der Waals surface area contributed by atoms with Crippen LogP contribution in [0.1, 0.15) is 44.5 Å². The van der Waals surface area contributed by atoms with Crippen LogP contribution in [0.5, 0.6) is 0 Å². The minimum absolute atomic E-state index is 0.0383. The number of halogens is 1. The van der Waals surface area contributed by atoms with Crippen molar-refractivity contribution in [1.29, 1.82) is 0 Å². The molecular weight excluding hydrogens is 283 g/mol. The summed E-state index contributed by atoms with van der Waals surface area (Å²) in [7, 11) is 0. The van der Waals surface area contributed by atoms with Gasteiger partial charge >= 0.3 is 0 Å². The van der Waals surface area contributed by atoms with Gasteiger partial charge in [0.05, 0.1) is 5.56 Å². The molecule has 0 fully saturated rings. The summed E-state index contributed by atoms with van der Waals surface area (Å²) in [6.45, 7) is 8.92. The van der Waals surface area contributed by atoms with E-state index in [0.717, 1.165) is 0 Å². The molecule has 1 aromatic carbocycles. The molecule has 0 spiro atoms. The molecule has 0 saturated heterocycles. The molecule has 1 aromatic rings. The number of amides is 2. The zero-order chi connectivity index (χ0) is 16.7. The molecule has 4 nitrogen and oxygen atoms in total. The Labute approximate surface area is 131 Å². The van der Waals surface area contributed by atoms with E-state index in [4.69, 9.17) is 0 Å². The number of nitrogens with zero attached hydrogens (tertiary/aromatic N) is 1. The van der Waals surface area contributed by atoms with Gasteiger partial charge in [-0.05, 0) is 38.3 Å². The highest BCUT2D eigenvalue weighted by Gasteiger charge is 2.26. The van der Waals surface area contributed by atoms with Crippen molar-refractivity contribution < 1.29 is 14.0 Å². The van der Waals surface area contributed by atoms with Crippen LogP contribution in [0.25, 0.3) is 0 Å². The van der Waals surface area contributed by atoms with Crippen molar-refractivity contribution in [2.45, 2.75) is 40.2 Å². The first-order valence-electron chi connectivity index (χ1n) is 7.74. The summed E-state index contributed by atoms with van der Waals surface area (Å²) in [6, 6.07) is 5.14. The molecule has 0 aromatic heterocycles. The fourth-order valence-corrected chi connectivity index (χ4v) is 2.33. The Balaban J connectivity index is 2.92. The Morgan fingerprint density at radius 2 is 1.77 bits per heavy atom. The van der Waals surface area contributed by atoms with Gasteiger partial charge in [0.1, 0.15) is 11.9 Å². The molecule has 0 aliphatic carbocycles. The Kier molecular flexibility index (Phi) is 7.02. The molecule has 0 aliphatic heterocycles. The Morgan fingerprint density at radius 1 is 1.18 bits per heavy atom. The Morgan fingerprint density at radius 3 is 2.27 bits per heavy atom. The van der Waals surface area contributed by atoms with Gasteiger partial charge < -0.3 is 10.2 Å². The van der Waals surface area contributed by atoms with Crippen LogP contribution in [0, 0.1) is 11.7 Å². The van der Waals surface area contributed by atoms with E-state index >= 15 is 0 Å². The summed E-state index contributed by atoms with van der Waals surface area (Å²) in [4.78, 5) is 26.4. The lowest BCUT2D eigenvalue weighted by molar-refractivity contribution is -0.133. The molecule has 5 heteroatoms. The van der Waals surface area contributed by atoms with Crippen molar-refractivity contribution in [2.75, 3.05) is 13.1 Å². The number of likely N-dealkylation sites (N-methyl/N-ethyl adjacent to an activating group) is 1. The number of rotatable bonds is 7. The van der Waals surface area contributed by atoms with E-state index in [-0.39, 0.29) is 17.4 Å². The maximum Gasteiger partial charge on any atom is 0.254 e. The third kappa shape index (κ3) is 4.83. The Hall–Kier alpha value is -1.91. The van der Waals surface area contributed by atoms with Gasteiger partial charge in [0.2, 0.25) is 5.91 Å². The largest absolute Gasteiger partial charge is 0.341 e. The summed E-state index contributed by atoms with van der Waals surface area (Å²) >= 11 is 0. The second-order valence-corrected chi connectivity index (χ2v) is 5.65. The van der Waals surface area contributed by atoms with Crippen LogP contribution in [0.2, 0.25) is 0 Å². The Bertz CT molecular complexity index is 513. The lowest BCUT2D eigenvalue weighted by Gasteiger charge is -2.27. The van der Waals surface area contributed by atoms with E-state index < -0.39 is 17.8 Å². The van der Waals surface area contributed by atoms with E-state index in [1.807, 2.05) is 27.7 Å². The molecule has 1 atom stereocenters. The van der Waals surface area contributed by atoms with Crippen LogP contribution in [-0.2, 0) is 4.79 Å². The highest BCUT2D eigenvalue weighted by Crippen LogP contribution is 2.11. The quantitative estimate of drug-likeness (QED) is 0.842. The number of benzene rings is 1. The smallest absolute Gasteiger partial charge is 0.254 e. The fraction of sp³-hybridized carbons (Fsp3) is 0.529. The van der Waals surface area contributed by atoms with Gasteiger partial charge in [-0.2, -0.15) is 0 Å². The maximum absolute atomic E-state index is 13.7. The molecule has 22 heavy (non-hydrogen) atoms. The number of nitrogens with one attached hydrogen (secondary N) is 1. The summed E-state index contributed by atoms with van der Waals surface area (Å²) in [5.41, 5.74) is -0.0383. The number of hydrogen-bond donors (Lipinski definition) is 1. The van der Waals surface area contributed by atoms with Crippen LogP contribution in [0.3, 0.4) is 0 Å². The molecule has 0 heterocycles. The summed E-state index contributed by atoms with van der Waals surface area (Å²) in [5, 5.41) is 2.68. The maximum atomic E-state index is 13.7. The van der Waals surface area contributed by atoms with E-state index in [1.54, 1.807) is 11.0 Å². The van der Waals surface area contributed by atoms with Gasteiger partial charge in [0.15, 0.2) is 0 Å². The predicted octanol–water partition coefficient (Wildman–Crippen LogP) is 2.84. The van der Waals surface area contributed by atoms with Gasteiger partial charge in [0, 0.05) is 13.1 Å². The second kappa shape index (κ2) is 8.51. The van der Waals surface area contributed by atoms with Crippen LogP contribution in [-0.4, -0.2) is 35.8 Å². The molecule has 122 valence electrons. The summed E-state index contributed by atoms with van der Waals surface area (Å²) < 4.78 is 13.7. The van der Waals surface area contributed by atoms with Crippen molar-refractivity contribution in [3.05, 3.63) is 35.6 Å². The number of hydrogen-bond acceptors (Lipinski definition) is 2. The van der Waals surface area contributed by atoms with Gasteiger partial charge in [-0.15, -0.1) is 0 Å². The van der Waals surface area contributed by atoms with Gasteiger partial charge in [-0.1, -0.05) is 26.0 Å². The standard InChI is InChI=1S/C17H25FN2O2/c1-5-20(6-2)17(22)15(11-12(3)4)19-16(21)13-9-7-8-10-14(13)18/h7-10,12,15H,5-6,11H2,1-4H3,(H,19,21)/t15-/m0/s1. The topological polar surface area (TPSA) is 49.4 Å². The number of carbonyl (C=O) groups is 2. The van der Waals surface area contributed by atoms with Gasteiger partial charge in [-0.25, -0.2) is 4.39 Å². The third-order valence-electron chi connectivity index (χ3n) is 3.50. The van der Waals surface area contributed by atoms with Crippen molar-refractivity contribution in [1.82, 2.24) is 10.2 Å². The third-order valence-corrected chi connectivity index (χ3v) is 3.50. The van der Waals surface area contributed by atoms with Gasteiger partial charge in [0.25, 0.3) is 5.91 Å². The monoisotopic (exact) mass is 308 g/mol. The zero-order valence-electron chi connectivity index (χ0n) is 13.7. The van der Waals surface area contributed by atoms with Crippen LogP contribution >= 0.6 is 0 Å². The van der Waals surface area contributed by atoms with Crippen molar-refractivity contribution in [2.24, 2.45) is 5.92 Å². The molecule has 0 unspecified atom stereocenters. The van der Waals surface area contributed by atoms with Crippen molar-refractivity contribution in [3.8, 4) is 0 Å². The first-order chi connectivity index (χ1) is 10.4. The predicted molar refractivity (Wildman–Crippen MR) is 85.0 cm³/mol. The highest BCUT2D eigenvalue weighted by molar-refractivity contribution is 5.97. The minimum atomic E-state index is -0.632. The van der Waals surface area contributed by atoms with E-state index in [9.17, 15) is 14.0 Å². The molecule has 2 amide bonds.